The van der Waals surface area contributed by atoms with Crippen molar-refractivity contribution in [2.45, 2.75) is 38.6 Å². The number of nitrogens with zero attached hydrogens (tertiary/aromatic N) is 7. The van der Waals surface area contributed by atoms with Gasteiger partial charge < -0.3 is 5.32 Å². The molecule has 31 heavy (non-hydrogen) atoms. The zero-order chi connectivity index (χ0) is 21.5. The largest absolute Gasteiger partial charge is 0.344 e. The maximum atomic E-state index is 13.8. The molecule has 0 amide bonds. The highest BCUT2D eigenvalue weighted by Crippen LogP contribution is 2.26. The van der Waals surface area contributed by atoms with Crippen LogP contribution in [0.1, 0.15) is 36.6 Å². The van der Waals surface area contributed by atoms with Crippen LogP contribution in [-0.4, -0.2) is 46.4 Å². The Labute approximate surface area is 176 Å². The summed E-state index contributed by atoms with van der Waals surface area (Å²) >= 11 is 0. The number of carbonyl (C=O) groups is 1. The third-order valence-corrected chi connectivity index (χ3v) is 5.32. The minimum absolute atomic E-state index is 0.00294. The van der Waals surface area contributed by atoms with Crippen LogP contribution in [0, 0.1) is 5.82 Å². The Morgan fingerprint density at radius 1 is 1.16 bits per heavy atom. The molecular weight excluding hydrogens is 399 g/mol. The number of halogens is 1. The number of hydrogen-bond acceptors (Lipinski definition) is 8. The molecule has 0 spiro atoms. The van der Waals surface area contributed by atoms with E-state index < -0.39 is 11.9 Å². The molecule has 0 saturated heterocycles. The summed E-state index contributed by atoms with van der Waals surface area (Å²) in [6, 6.07) is 0.815. The molecule has 1 aliphatic rings. The second-order valence-corrected chi connectivity index (χ2v) is 7.79. The van der Waals surface area contributed by atoms with E-state index in [0.29, 0.717) is 29.4 Å². The maximum absolute atomic E-state index is 13.8. The standard InChI is InChI=1S/C21H19FN8O/c1-11(2)15-9-26-30-20(15)28-19(13-3-14(22)8-23-7-13)29-21(30)27-17-4-12-6-24-10-25-16(12)5-18(17)31/h3,6-11,17H,4-5H2,1-2H3,(H,27,28,29)/t17-/m0/s1. The van der Waals surface area contributed by atoms with E-state index >= 15 is 0 Å². The molecule has 4 aromatic rings. The molecule has 10 heteroatoms. The van der Waals surface area contributed by atoms with E-state index in [1.54, 1.807) is 16.9 Å². The summed E-state index contributed by atoms with van der Waals surface area (Å²) in [6.07, 6.45) is 8.21. The van der Waals surface area contributed by atoms with Gasteiger partial charge >= 0.3 is 0 Å². The highest BCUT2D eigenvalue weighted by Gasteiger charge is 2.29. The molecule has 1 atom stereocenters. The number of pyridine rings is 1. The Bertz CT molecular complexity index is 1300. The number of rotatable bonds is 4. The summed E-state index contributed by atoms with van der Waals surface area (Å²) < 4.78 is 15.4. The zero-order valence-electron chi connectivity index (χ0n) is 16.9. The quantitative estimate of drug-likeness (QED) is 0.538. The van der Waals surface area contributed by atoms with Crippen molar-refractivity contribution in [3.63, 3.8) is 0 Å². The summed E-state index contributed by atoms with van der Waals surface area (Å²) in [7, 11) is 0. The number of aromatic nitrogens is 7. The van der Waals surface area contributed by atoms with E-state index in [9.17, 15) is 9.18 Å². The smallest absolute Gasteiger partial charge is 0.228 e. The van der Waals surface area contributed by atoms with Gasteiger partial charge in [0.2, 0.25) is 5.95 Å². The van der Waals surface area contributed by atoms with Crippen LogP contribution in [0.3, 0.4) is 0 Å². The second kappa shape index (κ2) is 7.46. The summed E-state index contributed by atoms with van der Waals surface area (Å²) in [5.74, 6) is 0.348. The van der Waals surface area contributed by atoms with Crippen LogP contribution in [-0.2, 0) is 17.6 Å². The highest BCUT2D eigenvalue weighted by molar-refractivity contribution is 5.90. The third kappa shape index (κ3) is 3.49. The SMILES string of the molecule is CC(C)c1cnn2c(N[C@H]3Cc4cncnc4CC3=O)nc(-c3cncc(F)c3)nc12. The van der Waals surface area contributed by atoms with E-state index in [1.807, 2.05) is 13.8 Å². The van der Waals surface area contributed by atoms with Crippen molar-refractivity contribution >= 4 is 17.4 Å². The molecule has 0 unspecified atom stereocenters. The number of Topliss-reactive ketones (excluding diaryl/α,β-unsaturated/α-hetero) is 1. The number of nitrogens with one attached hydrogen (secondary N) is 1. The molecule has 0 aromatic carbocycles. The molecule has 0 aliphatic heterocycles. The molecule has 1 aliphatic carbocycles. The van der Waals surface area contributed by atoms with Gasteiger partial charge in [0.1, 0.15) is 12.1 Å². The predicted molar refractivity (Wildman–Crippen MR) is 110 cm³/mol. The number of ketones is 1. The lowest BCUT2D eigenvalue weighted by Crippen LogP contribution is -2.38. The molecule has 156 valence electrons. The number of carbonyl (C=O) groups excluding carboxylic acids is 1. The molecule has 1 N–H and O–H groups in total. The highest BCUT2D eigenvalue weighted by atomic mass is 19.1. The Kier molecular flexibility index (Phi) is 4.61. The van der Waals surface area contributed by atoms with Crippen LogP contribution in [0.15, 0.2) is 37.2 Å². The molecule has 5 rings (SSSR count). The number of hydrogen-bond donors (Lipinski definition) is 1. The van der Waals surface area contributed by atoms with Crippen molar-refractivity contribution in [3.8, 4) is 11.4 Å². The summed E-state index contributed by atoms with van der Waals surface area (Å²) in [6.45, 7) is 4.08. The maximum Gasteiger partial charge on any atom is 0.228 e. The molecule has 0 saturated carbocycles. The minimum Gasteiger partial charge on any atom is -0.344 e. The first-order valence-corrected chi connectivity index (χ1v) is 9.93. The predicted octanol–water partition coefficient (Wildman–Crippen LogP) is 2.39. The molecule has 4 aromatic heterocycles. The Morgan fingerprint density at radius 2 is 2.03 bits per heavy atom. The van der Waals surface area contributed by atoms with Crippen molar-refractivity contribution in [2.24, 2.45) is 0 Å². The van der Waals surface area contributed by atoms with E-state index in [4.69, 9.17) is 0 Å². The minimum atomic E-state index is -0.512. The van der Waals surface area contributed by atoms with Crippen LogP contribution in [0.4, 0.5) is 10.3 Å². The fourth-order valence-corrected chi connectivity index (χ4v) is 3.68. The molecule has 0 radical (unpaired) electrons. The van der Waals surface area contributed by atoms with E-state index in [-0.39, 0.29) is 18.1 Å². The molecule has 9 nitrogen and oxygen atoms in total. The summed E-state index contributed by atoms with van der Waals surface area (Å²) in [5, 5.41) is 7.65. The van der Waals surface area contributed by atoms with Gasteiger partial charge in [-0.05, 0) is 17.5 Å². The Balaban J connectivity index is 1.60. The molecule has 0 bridgehead atoms. The van der Waals surface area contributed by atoms with E-state index in [2.05, 4.69) is 35.3 Å². The number of anilines is 1. The third-order valence-electron chi connectivity index (χ3n) is 5.32. The van der Waals surface area contributed by atoms with Crippen LogP contribution >= 0.6 is 0 Å². The van der Waals surface area contributed by atoms with Gasteiger partial charge in [-0.1, -0.05) is 13.8 Å². The lowest BCUT2D eigenvalue weighted by atomic mass is 9.92. The van der Waals surface area contributed by atoms with Gasteiger partial charge in [-0.25, -0.2) is 19.3 Å². The van der Waals surface area contributed by atoms with Gasteiger partial charge in [-0.15, -0.1) is 0 Å². The number of fused-ring (bicyclic) bond motifs is 2. The first kappa shape index (κ1) is 19.2. The van der Waals surface area contributed by atoms with Crippen LogP contribution < -0.4 is 5.32 Å². The molecule has 0 fully saturated rings. The van der Waals surface area contributed by atoms with E-state index in [0.717, 1.165) is 23.0 Å². The summed E-state index contributed by atoms with van der Waals surface area (Å²) in [5.41, 5.74) is 3.63. The van der Waals surface area contributed by atoms with Crippen molar-refractivity contribution in [2.75, 3.05) is 5.32 Å². The Hall–Kier alpha value is -3.82. The van der Waals surface area contributed by atoms with Crippen LogP contribution in [0.2, 0.25) is 0 Å². The van der Waals surface area contributed by atoms with Crippen molar-refractivity contribution in [3.05, 3.63) is 59.8 Å². The van der Waals surface area contributed by atoms with Gasteiger partial charge in [0, 0.05) is 29.9 Å². The topological polar surface area (TPSA) is 111 Å². The fraction of sp³-hybridized carbons (Fsp3) is 0.286. The Morgan fingerprint density at radius 3 is 2.84 bits per heavy atom. The van der Waals surface area contributed by atoms with Gasteiger partial charge in [-0.2, -0.15) is 14.6 Å². The van der Waals surface area contributed by atoms with Gasteiger partial charge in [0.25, 0.3) is 0 Å². The zero-order valence-corrected chi connectivity index (χ0v) is 16.9. The monoisotopic (exact) mass is 418 g/mol. The van der Waals surface area contributed by atoms with Gasteiger partial charge in [0.15, 0.2) is 17.3 Å². The second-order valence-electron chi connectivity index (χ2n) is 7.79. The lowest BCUT2D eigenvalue weighted by Gasteiger charge is -2.24. The average Bonchev–Trinajstić information content (AvgIpc) is 3.19. The first-order valence-electron chi connectivity index (χ1n) is 9.93. The van der Waals surface area contributed by atoms with Crippen molar-refractivity contribution < 1.29 is 9.18 Å². The fourth-order valence-electron chi connectivity index (χ4n) is 3.68. The summed E-state index contributed by atoms with van der Waals surface area (Å²) in [4.78, 5) is 34.1. The van der Waals surface area contributed by atoms with Gasteiger partial charge in [0.05, 0.1) is 30.6 Å². The molecule has 4 heterocycles. The van der Waals surface area contributed by atoms with Gasteiger partial charge in [-0.3, -0.25) is 9.78 Å². The first-order chi connectivity index (χ1) is 15.0. The molecular formula is C21H19FN8O. The van der Waals surface area contributed by atoms with E-state index in [1.165, 1.54) is 18.6 Å². The normalized spacial score (nSPS) is 16.0. The van der Waals surface area contributed by atoms with Crippen LogP contribution in [0.5, 0.6) is 0 Å². The lowest BCUT2D eigenvalue weighted by molar-refractivity contribution is -0.119. The average molecular weight is 418 g/mol. The van der Waals surface area contributed by atoms with Crippen LogP contribution in [0.25, 0.3) is 17.0 Å². The van der Waals surface area contributed by atoms with Crippen molar-refractivity contribution in [1.82, 2.24) is 34.5 Å². The van der Waals surface area contributed by atoms with Crippen molar-refractivity contribution in [1.29, 1.82) is 0 Å².